The first kappa shape index (κ1) is 9.87. The van der Waals surface area contributed by atoms with E-state index in [1.165, 1.54) is 10.5 Å². The molecule has 0 aliphatic rings. The largest absolute Gasteiger partial charge is 0.152 e. The van der Waals surface area contributed by atoms with E-state index < -0.39 is 7.22 Å². The third-order valence-electron chi connectivity index (χ3n) is 1.41. The molecule has 0 heterocycles. The van der Waals surface area contributed by atoms with Crippen molar-refractivity contribution in [3.63, 3.8) is 0 Å². The lowest BCUT2D eigenvalue weighted by atomic mass is 10.2. The van der Waals surface area contributed by atoms with Gasteiger partial charge in [0.15, 0.2) is 0 Å². The lowest BCUT2D eigenvalue weighted by Crippen LogP contribution is -2.13. The first-order chi connectivity index (χ1) is 5.47. The van der Waals surface area contributed by atoms with Gasteiger partial charge in [0, 0.05) is 4.90 Å². The number of benzene rings is 1. The summed E-state index contributed by atoms with van der Waals surface area (Å²) in [6.45, 7) is 9.27. The van der Waals surface area contributed by atoms with Gasteiger partial charge in [-0.1, -0.05) is 37.3 Å². The third kappa shape index (κ3) is 3.46. The first-order valence-corrected chi connectivity index (χ1v) is 9.27. The summed E-state index contributed by atoms with van der Waals surface area (Å²) in [6, 6.07) is 8.75. The normalized spacial score (nSPS) is 11.7. The Morgan fingerprint density at radius 3 is 2.33 bits per heavy atom. The zero-order valence-corrected chi connectivity index (χ0v) is 10.0. The minimum absolute atomic E-state index is 1.00. The highest BCUT2D eigenvalue weighted by Crippen LogP contribution is 2.28. The van der Waals surface area contributed by atoms with Crippen molar-refractivity contribution in [1.82, 2.24) is 0 Å². The molecule has 0 N–H and O–H groups in total. The smallest absolute Gasteiger partial charge is 0.114 e. The predicted molar refractivity (Wildman–Crippen MR) is 60.4 cm³/mol. The van der Waals surface area contributed by atoms with Gasteiger partial charge in [-0.2, -0.15) is 11.2 Å². The first-order valence-electron chi connectivity index (χ1n) is 4.23. The molecule has 0 amide bonds. The molecule has 0 saturated heterocycles. The standard InChI is InChI=1S/C10H16SSi/c1-9-6-5-7-10(8-9)11-12(2,3)4/h5-8H,1-4H3. The molecule has 0 nitrogen and oxygen atoms in total. The SMILES string of the molecule is Cc1cccc(S[Si](C)(C)C)c1. The Balaban J connectivity index is 2.77. The van der Waals surface area contributed by atoms with Crippen LogP contribution in [0.4, 0.5) is 0 Å². The summed E-state index contributed by atoms with van der Waals surface area (Å²) in [5.41, 5.74) is 1.36. The van der Waals surface area contributed by atoms with Crippen LogP contribution in [0.1, 0.15) is 5.56 Å². The lowest BCUT2D eigenvalue weighted by Gasteiger charge is -2.15. The van der Waals surface area contributed by atoms with Gasteiger partial charge >= 0.3 is 0 Å². The van der Waals surface area contributed by atoms with E-state index in [0.29, 0.717) is 0 Å². The second-order valence-corrected chi connectivity index (χ2v) is 13.2. The molecule has 0 unspecified atom stereocenters. The fourth-order valence-corrected chi connectivity index (χ4v) is 4.63. The molecule has 0 radical (unpaired) electrons. The van der Waals surface area contributed by atoms with E-state index in [-0.39, 0.29) is 0 Å². The van der Waals surface area contributed by atoms with Crippen LogP contribution < -0.4 is 0 Å². The summed E-state index contributed by atoms with van der Waals surface area (Å²) in [5.74, 6) is 0. The van der Waals surface area contributed by atoms with Crippen LogP contribution in [0, 0.1) is 6.92 Å². The molecular weight excluding hydrogens is 180 g/mol. The van der Waals surface area contributed by atoms with Gasteiger partial charge in [-0.25, -0.2) is 0 Å². The van der Waals surface area contributed by atoms with Crippen LogP contribution in [-0.4, -0.2) is 7.22 Å². The summed E-state index contributed by atoms with van der Waals surface area (Å²) in [6.07, 6.45) is 0. The van der Waals surface area contributed by atoms with Crippen molar-refractivity contribution in [3.8, 4) is 0 Å². The molecule has 0 aliphatic heterocycles. The Hall–Kier alpha value is -0.213. The van der Waals surface area contributed by atoms with Gasteiger partial charge in [0.2, 0.25) is 0 Å². The number of hydrogen-bond acceptors (Lipinski definition) is 1. The van der Waals surface area contributed by atoms with Crippen LogP contribution >= 0.6 is 11.2 Å². The fourth-order valence-electron chi connectivity index (χ4n) is 1.03. The van der Waals surface area contributed by atoms with E-state index in [1.807, 2.05) is 0 Å². The molecule has 66 valence electrons. The maximum Gasteiger partial charge on any atom is 0.114 e. The molecule has 0 fully saturated rings. The monoisotopic (exact) mass is 196 g/mol. The molecule has 0 atom stereocenters. The Bertz CT molecular complexity index is 263. The molecule has 0 spiro atoms. The predicted octanol–water partition coefficient (Wildman–Crippen LogP) is 3.92. The molecule has 0 aliphatic carbocycles. The highest BCUT2D eigenvalue weighted by Gasteiger charge is 2.14. The van der Waals surface area contributed by atoms with Gasteiger partial charge in [0.1, 0.15) is 7.22 Å². The zero-order valence-electron chi connectivity index (χ0n) is 8.22. The van der Waals surface area contributed by atoms with Crippen molar-refractivity contribution >= 4 is 18.4 Å². The summed E-state index contributed by atoms with van der Waals surface area (Å²) < 4.78 is 0. The zero-order chi connectivity index (χ0) is 9.19. The van der Waals surface area contributed by atoms with Gasteiger partial charge in [-0.15, -0.1) is 0 Å². The maximum absolute atomic E-state index is 2.38. The molecule has 12 heavy (non-hydrogen) atoms. The van der Waals surface area contributed by atoms with Gasteiger partial charge in [-0.05, 0) is 19.1 Å². The summed E-state index contributed by atoms with van der Waals surface area (Å²) in [5, 5.41) is 0. The van der Waals surface area contributed by atoms with Crippen LogP contribution in [0.25, 0.3) is 0 Å². The van der Waals surface area contributed by atoms with E-state index >= 15 is 0 Å². The minimum atomic E-state index is -1.00. The fraction of sp³-hybridized carbons (Fsp3) is 0.400. The van der Waals surface area contributed by atoms with E-state index in [0.717, 1.165) is 0 Å². The third-order valence-corrected chi connectivity index (χ3v) is 5.06. The van der Waals surface area contributed by atoms with Crippen molar-refractivity contribution in [2.45, 2.75) is 31.5 Å². The highest BCUT2D eigenvalue weighted by molar-refractivity contribution is 8.28. The lowest BCUT2D eigenvalue weighted by molar-refractivity contribution is 1.37. The highest BCUT2D eigenvalue weighted by atomic mass is 32.4. The molecule has 1 aromatic rings. The van der Waals surface area contributed by atoms with Gasteiger partial charge in [0.25, 0.3) is 0 Å². The topological polar surface area (TPSA) is 0 Å². The molecule has 1 rings (SSSR count). The molecule has 0 bridgehead atoms. The Morgan fingerprint density at radius 1 is 1.17 bits per heavy atom. The quantitative estimate of drug-likeness (QED) is 0.646. The van der Waals surface area contributed by atoms with Crippen molar-refractivity contribution in [2.75, 3.05) is 0 Å². The van der Waals surface area contributed by atoms with Gasteiger partial charge < -0.3 is 0 Å². The molecule has 0 aromatic heterocycles. The van der Waals surface area contributed by atoms with E-state index in [9.17, 15) is 0 Å². The van der Waals surface area contributed by atoms with Crippen molar-refractivity contribution in [3.05, 3.63) is 29.8 Å². The molecule has 2 heteroatoms. The Kier molecular flexibility index (Phi) is 3.02. The second-order valence-electron chi connectivity index (χ2n) is 4.03. The number of rotatable bonds is 2. The number of hydrogen-bond donors (Lipinski definition) is 0. The van der Waals surface area contributed by atoms with Crippen molar-refractivity contribution in [1.29, 1.82) is 0 Å². The van der Waals surface area contributed by atoms with Crippen LogP contribution in [0.3, 0.4) is 0 Å². The summed E-state index contributed by atoms with van der Waals surface area (Å²) >= 11 is 2.05. The summed E-state index contributed by atoms with van der Waals surface area (Å²) in [4.78, 5) is 1.43. The van der Waals surface area contributed by atoms with E-state index in [4.69, 9.17) is 0 Å². The molecule has 0 saturated carbocycles. The number of aryl methyl sites for hydroxylation is 1. The van der Waals surface area contributed by atoms with E-state index in [2.05, 4.69) is 62.0 Å². The molecular formula is C10H16SSi. The van der Waals surface area contributed by atoms with Crippen LogP contribution in [-0.2, 0) is 0 Å². The van der Waals surface area contributed by atoms with E-state index in [1.54, 1.807) is 0 Å². The van der Waals surface area contributed by atoms with Gasteiger partial charge in [0.05, 0.1) is 0 Å². The molecule has 1 aromatic carbocycles. The second kappa shape index (κ2) is 3.67. The Morgan fingerprint density at radius 2 is 1.83 bits per heavy atom. The van der Waals surface area contributed by atoms with Crippen molar-refractivity contribution in [2.24, 2.45) is 0 Å². The average molecular weight is 196 g/mol. The average Bonchev–Trinajstić information content (AvgIpc) is 1.82. The van der Waals surface area contributed by atoms with Crippen molar-refractivity contribution < 1.29 is 0 Å². The van der Waals surface area contributed by atoms with Crippen LogP contribution in [0.5, 0.6) is 0 Å². The maximum atomic E-state index is 2.38. The van der Waals surface area contributed by atoms with Gasteiger partial charge in [-0.3, -0.25) is 0 Å². The van der Waals surface area contributed by atoms with Crippen LogP contribution in [0.15, 0.2) is 29.2 Å². The minimum Gasteiger partial charge on any atom is -0.152 e. The Labute approximate surface area is 80.0 Å². The van der Waals surface area contributed by atoms with Crippen LogP contribution in [0.2, 0.25) is 19.6 Å². The summed E-state index contributed by atoms with van der Waals surface area (Å²) in [7, 11) is -1.00.